The molecule has 8 heteroatoms. The molecule has 0 N–H and O–H groups in total. The summed E-state index contributed by atoms with van der Waals surface area (Å²) in [5.41, 5.74) is 0.627. The fraction of sp³-hybridized carbons (Fsp3) is 0.227. The summed E-state index contributed by atoms with van der Waals surface area (Å²) in [6, 6.07) is 10.7. The third kappa shape index (κ3) is 4.72. The molecule has 30 heavy (non-hydrogen) atoms. The fourth-order valence-corrected chi connectivity index (χ4v) is 4.67. The molecule has 158 valence electrons. The zero-order valence-corrected chi connectivity index (χ0v) is 17.8. The number of rotatable bonds is 10. The van der Waals surface area contributed by atoms with E-state index in [0.717, 1.165) is 9.87 Å². The molecule has 0 radical (unpaired) electrons. The van der Waals surface area contributed by atoms with E-state index in [0.29, 0.717) is 0 Å². The van der Waals surface area contributed by atoms with E-state index in [4.69, 9.17) is 0 Å². The van der Waals surface area contributed by atoms with E-state index in [1.54, 1.807) is 25.1 Å². The molecule has 0 amide bonds. The van der Waals surface area contributed by atoms with Crippen LogP contribution in [-0.4, -0.2) is 30.0 Å². The van der Waals surface area contributed by atoms with Gasteiger partial charge in [0.05, 0.1) is 21.4 Å². The van der Waals surface area contributed by atoms with Crippen LogP contribution in [0.3, 0.4) is 0 Å². The number of sulfonamides is 1. The Morgan fingerprint density at radius 3 is 2.33 bits per heavy atom. The number of nitro groups is 1. The van der Waals surface area contributed by atoms with Crippen LogP contribution in [0, 0.1) is 17.0 Å². The van der Waals surface area contributed by atoms with Crippen molar-refractivity contribution in [1.29, 1.82) is 0 Å². The summed E-state index contributed by atoms with van der Waals surface area (Å²) in [6.07, 6.45) is 1.46. The van der Waals surface area contributed by atoms with Crippen molar-refractivity contribution in [2.75, 3.05) is 6.54 Å². The van der Waals surface area contributed by atoms with Crippen LogP contribution in [0.15, 0.2) is 78.2 Å². The van der Waals surface area contributed by atoms with Gasteiger partial charge in [0.2, 0.25) is 10.0 Å². The molecular formula is C22H24N2O5S. The number of benzene rings is 2. The van der Waals surface area contributed by atoms with Gasteiger partial charge in [0.1, 0.15) is 0 Å². The Morgan fingerprint density at radius 1 is 1.20 bits per heavy atom. The average molecular weight is 429 g/mol. The quantitative estimate of drug-likeness (QED) is 0.242. The van der Waals surface area contributed by atoms with Crippen molar-refractivity contribution in [2.24, 2.45) is 0 Å². The molecule has 1 atom stereocenters. The molecule has 0 saturated heterocycles. The van der Waals surface area contributed by atoms with E-state index in [1.165, 1.54) is 36.4 Å². The van der Waals surface area contributed by atoms with Crippen LogP contribution in [0.25, 0.3) is 0 Å². The van der Waals surface area contributed by atoms with Crippen LogP contribution in [0.5, 0.6) is 0 Å². The second-order valence-electron chi connectivity index (χ2n) is 6.70. The standard InChI is InChI=1S/C22H24N2O5S/c1-5-15-23(30(28,29)18-13-11-16(3)12-14-18)22(17(4)21(25)6-2)19-9-7-8-10-20(19)24(26)27/h5,7-14,22H,1,4,6,15H2,2-3H3. The van der Waals surface area contributed by atoms with Crippen molar-refractivity contribution in [3.63, 3.8) is 0 Å². The molecule has 7 nitrogen and oxygen atoms in total. The maximum absolute atomic E-state index is 13.5. The lowest BCUT2D eigenvalue weighted by molar-refractivity contribution is -0.385. The molecule has 0 aromatic heterocycles. The van der Waals surface area contributed by atoms with Gasteiger partial charge in [-0.15, -0.1) is 6.58 Å². The highest BCUT2D eigenvalue weighted by Crippen LogP contribution is 2.38. The Kier molecular flexibility index (Phi) is 7.42. The van der Waals surface area contributed by atoms with Crippen molar-refractivity contribution in [3.05, 3.63) is 94.6 Å². The minimum Gasteiger partial charge on any atom is -0.295 e. The number of nitro benzene ring substituents is 1. The first-order valence-corrected chi connectivity index (χ1v) is 10.7. The number of Topliss-reactive ketones (excluding diaryl/α,β-unsaturated/α-hetero) is 1. The van der Waals surface area contributed by atoms with Crippen molar-refractivity contribution >= 4 is 21.5 Å². The molecule has 0 aliphatic heterocycles. The van der Waals surface area contributed by atoms with Gasteiger partial charge in [0.25, 0.3) is 5.69 Å². The monoisotopic (exact) mass is 428 g/mol. The topological polar surface area (TPSA) is 97.6 Å². The van der Waals surface area contributed by atoms with Gasteiger partial charge in [-0.2, -0.15) is 4.31 Å². The Balaban J connectivity index is 2.77. The van der Waals surface area contributed by atoms with E-state index >= 15 is 0 Å². The highest BCUT2D eigenvalue weighted by atomic mass is 32.2. The van der Waals surface area contributed by atoms with Crippen molar-refractivity contribution in [1.82, 2.24) is 4.31 Å². The zero-order chi connectivity index (χ0) is 22.5. The lowest BCUT2D eigenvalue weighted by Crippen LogP contribution is -2.37. The van der Waals surface area contributed by atoms with Gasteiger partial charge < -0.3 is 0 Å². The van der Waals surface area contributed by atoms with Gasteiger partial charge in [-0.25, -0.2) is 8.42 Å². The van der Waals surface area contributed by atoms with Gasteiger partial charge >= 0.3 is 0 Å². The van der Waals surface area contributed by atoms with Crippen LogP contribution in [0.4, 0.5) is 5.69 Å². The van der Waals surface area contributed by atoms with Crippen molar-refractivity contribution < 1.29 is 18.1 Å². The van der Waals surface area contributed by atoms with Gasteiger partial charge in [0.15, 0.2) is 5.78 Å². The van der Waals surface area contributed by atoms with Crippen LogP contribution in [0.2, 0.25) is 0 Å². The summed E-state index contributed by atoms with van der Waals surface area (Å²) in [6.45, 7) is 10.7. The first kappa shape index (κ1) is 23.2. The maximum Gasteiger partial charge on any atom is 0.274 e. The molecule has 2 aromatic carbocycles. The van der Waals surface area contributed by atoms with E-state index in [2.05, 4.69) is 13.2 Å². The Bertz CT molecular complexity index is 1070. The maximum atomic E-state index is 13.5. The summed E-state index contributed by atoms with van der Waals surface area (Å²) < 4.78 is 28.0. The Morgan fingerprint density at radius 2 is 1.80 bits per heavy atom. The molecular weight excluding hydrogens is 404 g/mol. The number of hydrogen-bond acceptors (Lipinski definition) is 5. The van der Waals surface area contributed by atoms with Crippen LogP contribution in [-0.2, 0) is 14.8 Å². The molecule has 0 saturated carbocycles. The van der Waals surface area contributed by atoms with E-state index < -0.39 is 21.0 Å². The molecule has 0 aliphatic rings. The lowest BCUT2D eigenvalue weighted by Gasteiger charge is -2.31. The Labute approximate surface area is 176 Å². The first-order valence-electron chi connectivity index (χ1n) is 9.29. The largest absolute Gasteiger partial charge is 0.295 e. The number of carbonyl (C=O) groups excluding carboxylic acids is 1. The summed E-state index contributed by atoms with van der Waals surface area (Å²) in [7, 11) is -4.13. The summed E-state index contributed by atoms with van der Waals surface area (Å²) >= 11 is 0. The summed E-state index contributed by atoms with van der Waals surface area (Å²) in [5, 5.41) is 11.6. The zero-order valence-electron chi connectivity index (χ0n) is 16.9. The number of para-hydroxylation sites is 1. The smallest absolute Gasteiger partial charge is 0.274 e. The van der Waals surface area contributed by atoms with Gasteiger partial charge in [-0.3, -0.25) is 14.9 Å². The number of ketones is 1. The molecule has 2 rings (SSSR count). The molecule has 1 unspecified atom stereocenters. The average Bonchev–Trinajstić information content (AvgIpc) is 2.73. The highest BCUT2D eigenvalue weighted by Gasteiger charge is 2.38. The van der Waals surface area contributed by atoms with E-state index in [1.807, 2.05) is 6.92 Å². The van der Waals surface area contributed by atoms with Crippen molar-refractivity contribution in [3.8, 4) is 0 Å². The minimum absolute atomic E-state index is 0.00952. The lowest BCUT2D eigenvalue weighted by atomic mass is 9.94. The second kappa shape index (κ2) is 9.60. The predicted molar refractivity (Wildman–Crippen MR) is 116 cm³/mol. The molecule has 0 spiro atoms. The van der Waals surface area contributed by atoms with E-state index in [-0.39, 0.29) is 40.5 Å². The van der Waals surface area contributed by atoms with Crippen LogP contribution in [0.1, 0.15) is 30.5 Å². The normalized spacial score (nSPS) is 12.4. The fourth-order valence-electron chi connectivity index (χ4n) is 3.10. The molecule has 0 aliphatic carbocycles. The number of carbonyl (C=O) groups is 1. The molecule has 2 aromatic rings. The van der Waals surface area contributed by atoms with E-state index in [9.17, 15) is 23.3 Å². The van der Waals surface area contributed by atoms with Crippen LogP contribution >= 0.6 is 0 Å². The Hall–Kier alpha value is -3.10. The number of aryl methyl sites for hydroxylation is 1. The van der Waals surface area contributed by atoms with Crippen LogP contribution < -0.4 is 0 Å². The minimum atomic E-state index is -4.13. The highest BCUT2D eigenvalue weighted by molar-refractivity contribution is 7.89. The summed E-state index contributed by atoms with van der Waals surface area (Å²) in [4.78, 5) is 23.5. The molecule has 0 fully saturated rings. The van der Waals surface area contributed by atoms with Gasteiger partial charge in [-0.1, -0.05) is 55.5 Å². The third-order valence-corrected chi connectivity index (χ3v) is 6.51. The SMILES string of the molecule is C=CCN(C(C(=C)C(=O)CC)c1ccccc1[N+](=O)[O-])S(=O)(=O)c1ccc(C)cc1. The second-order valence-corrected chi connectivity index (χ2v) is 8.59. The van der Waals surface area contributed by atoms with Gasteiger partial charge in [-0.05, 0) is 19.1 Å². The molecule has 0 bridgehead atoms. The predicted octanol–water partition coefficient (Wildman–Crippen LogP) is 4.36. The number of nitrogens with zero attached hydrogens (tertiary/aromatic N) is 2. The number of hydrogen-bond donors (Lipinski definition) is 0. The first-order chi connectivity index (χ1) is 14.1. The molecule has 0 heterocycles. The third-order valence-electron chi connectivity index (χ3n) is 4.66. The van der Waals surface area contributed by atoms with Gasteiger partial charge in [0, 0.05) is 24.6 Å². The van der Waals surface area contributed by atoms with Crippen molar-refractivity contribution in [2.45, 2.75) is 31.2 Å². The summed E-state index contributed by atoms with van der Waals surface area (Å²) in [5.74, 6) is -0.383.